The molecule has 1 amide bonds. The summed E-state index contributed by atoms with van der Waals surface area (Å²) in [6.07, 6.45) is 0.740. The maximum atomic E-state index is 12.9. The summed E-state index contributed by atoms with van der Waals surface area (Å²) in [5.41, 5.74) is 2.02. The van der Waals surface area contributed by atoms with Crippen LogP contribution in [0.5, 0.6) is 0 Å². The lowest BCUT2D eigenvalue weighted by Crippen LogP contribution is -2.40. The molecule has 26 heavy (non-hydrogen) atoms. The number of morpholine rings is 1. The summed E-state index contributed by atoms with van der Waals surface area (Å²) in [6, 6.07) is 8.98. The second-order valence-corrected chi connectivity index (χ2v) is 9.29. The molecule has 1 saturated heterocycles. The topological polar surface area (TPSA) is 66.9 Å². The molecular formula is C18H20N2O4S2. The molecule has 1 aromatic carbocycles. The van der Waals surface area contributed by atoms with Gasteiger partial charge in [-0.2, -0.15) is 4.31 Å². The van der Waals surface area contributed by atoms with Crippen LogP contribution in [0.4, 0.5) is 0 Å². The molecule has 0 bridgehead atoms. The molecule has 0 spiro atoms. The van der Waals surface area contributed by atoms with Gasteiger partial charge in [0.25, 0.3) is 5.91 Å². The number of thiophene rings is 1. The Morgan fingerprint density at radius 2 is 1.88 bits per heavy atom. The molecule has 0 atom stereocenters. The predicted octanol–water partition coefficient (Wildman–Crippen LogP) is 1.97. The van der Waals surface area contributed by atoms with Crippen LogP contribution in [0, 0.1) is 0 Å². The van der Waals surface area contributed by atoms with Crippen molar-refractivity contribution in [3.8, 4) is 0 Å². The molecule has 2 aliphatic rings. The zero-order valence-corrected chi connectivity index (χ0v) is 15.9. The first-order valence-corrected chi connectivity index (χ1v) is 10.9. The fraction of sp³-hybridized carbons (Fsp3) is 0.389. The van der Waals surface area contributed by atoms with Gasteiger partial charge in [-0.25, -0.2) is 8.42 Å². The standard InChI is InChI=1S/C18H20N2O4S2/c21-18(17-2-1-11-25-17)19-6-5-14-3-4-16(12-15(14)13-19)26(22,23)20-7-9-24-10-8-20/h1-4,11-12H,5-10,13H2. The van der Waals surface area contributed by atoms with Crippen molar-refractivity contribution in [2.75, 3.05) is 32.8 Å². The van der Waals surface area contributed by atoms with Crippen LogP contribution in [0.15, 0.2) is 40.6 Å². The minimum atomic E-state index is -3.52. The van der Waals surface area contributed by atoms with Crippen LogP contribution < -0.4 is 0 Å². The van der Waals surface area contributed by atoms with E-state index in [1.54, 1.807) is 17.0 Å². The number of carbonyl (C=O) groups excluding carboxylic acids is 1. The van der Waals surface area contributed by atoms with E-state index in [0.29, 0.717) is 49.2 Å². The maximum absolute atomic E-state index is 12.9. The molecule has 4 rings (SSSR count). The van der Waals surface area contributed by atoms with Crippen molar-refractivity contribution in [3.05, 3.63) is 51.7 Å². The van der Waals surface area contributed by atoms with E-state index in [0.717, 1.165) is 17.5 Å². The molecule has 1 fully saturated rings. The number of sulfonamides is 1. The first-order valence-electron chi connectivity index (χ1n) is 8.58. The van der Waals surface area contributed by atoms with Crippen molar-refractivity contribution < 1.29 is 17.9 Å². The van der Waals surface area contributed by atoms with E-state index >= 15 is 0 Å². The summed E-state index contributed by atoms with van der Waals surface area (Å²) in [7, 11) is -3.52. The highest BCUT2D eigenvalue weighted by Gasteiger charge is 2.28. The van der Waals surface area contributed by atoms with E-state index in [9.17, 15) is 13.2 Å². The second kappa shape index (κ2) is 7.11. The number of carbonyl (C=O) groups is 1. The molecule has 138 valence electrons. The maximum Gasteiger partial charge on any atom is 0.264 e. The van der Waals surface area contributed by atoms with E-state index in [-0.39, 0.29) is 5.91 Å². The molecule has 1 aromatic heterocycles. The molecule has 0 saturated carbocycles. The monoisotopic (exact) mass is 392 g/mol. The summed E-state index contributed by atoms with van der Waals surface area (Å²) in [4.78, 5) is 15.4. The van der Waals surface area contributed by atoms with Crippen LogP contribution in [0.3, 0.4) is 0 Å². The highest BCUT2D eigenvalue weighted by Crippen LogP contribution is 2.26. The van der Waals surface area contributed by atoms with Gasteiger partial charge >= 0.3 is 0 Å². The normalized spacial score (nSPS) is 18.5. The van der Waals surface area contributed by atoms with Crippen LogP contribution in [-0.2, 0) is 27.7 Å². The number of nitrogens with zero attached hydrogens (tertiary/aromatic N) is 2. The Morgan fingerprint density at radius 1 is 1.08 bits per heavy atom. The van der Waals surface area contributed by atoms with E-state index in [2.05, 4.69) is 0 Å². The lowest BCUT2D eigenvalue weighted by atomic mass is 10.00. The third kappa shape index (κ3) is 3.29. The van der Waals surface area contributed by atoms with Crippen molar-refractivity contribution in [2.45, 2.75) is 17.9 Å². The molecule has 0 aliphatic carbocycles. The summed E-state index contributed by atoms with van der Waals surface area (Å²) in [6.45, 7) is 2.70. The van der Waals surface area contributed by atoms with Crippen molar-refractivity contribution >= 4 is 27.3 Å². The lowest BCUT2D eigenvalue weighted by molar-refractivity contribution is 0.0729. The Hall–Kier alpha value is -1.74. The van der Waals surface area contributed by atoms with Crippen LogP contribution in [0.1, 0.15) is 20.8 Å². The lowest BCUT2D eigenvalue weighted by Gasteiger charge is -2.30. The van der Waals surface area contributed by atoms with Gasteiger partial charge in [-0.15, -0.1) is 11.3 Å². The zero-order valence-electron chi connectivity index (χ0n) is 14.3. The average Bonchev–Trinajstić information content (AvgIpc) is 3.22. The van der Waals surface area contributed by atoms with E-state index < -0.39 is 10.0 Å². The van der Waals surface area contributed by atoms with Gasteiger partial charge in [0.2, 0.25) is 10.0 Å². The molecule has 2 aliphatic heterocycles. The third-order valence-corrected chi connectivity index (χ3v) is 7.57. The minimum absolute atomic E-state index is 0.00656. The van der Waals surface area contributed by atoms with Gasteiger partial charge in [-0.3, -0.25) is 4.79 Å². The van der Waals surface area contributed by atoms with Crippen LogP contribution >= 0.6 is 11.3 Å². The quantitative estimate of drug-likeness (QED) is 0.801. The number of ether oxygens (including phenoxy) is 1. The molecule has 0 radical (unpaired) electrons. The predicted molar refractivity (Wildman–Crippen MR) is 98.8 cm³/mol. The highest BCUT2D eigenvalue weighted by molar-refractivity contribution is 7.89. The molecule has 2 aromatic rings. The van der Waals surface area contributed by atoms with Crippen LogP contribution in [-0.4, -0.2) is 56.4 Å². The van der Waals surface area contributed by atoms with Gasteiger partial charge in [0.1, 0.15) is 0 Å². The molecular weight excluding hydrogens is 372 g/mol. The number of fused-ring (bicyclic) bond motifs is 1. The fourth-order valence-electron chi connectivity index (χ4n) is 3.36. The first kappa shape index (κ1) is 17.7. The Kier molecular flexibility index (Phi) is 4.83. The van der Waals surface area contributed by atoms with Gasteiger partial charge in [-0.1, -0.05) is 12.1 Å². The fourth-order valence-corrected chi connectivity index (χ4v) is 5.51. The average molecular weight is 393 g/mol. The van der Waals surface area contributed by atoms with Crippen molar-refractivity contribution in [1.82, 2.24) is 9.21 Å². The number of hydrogen-bond donors (Lipinski definition) is 0. The Balaban J connectivity index is 1.59. The van der Waals surface area contributed by atoms with Gasteiger partial charge in [-0.05, 0) is 41.1 Å². The smallest absolute Gasteiger partial charge is 0.264 e. The highest BCUT2D eigenvalue weighted by atomic mass is 32.2. The summed E-state index contributed by atoms with van der Waals surface area (Å²) in [5, 5.41) is 1.89. The zero-order chi connectivity index (χ0) is 18.1. The molecule has 0 N–H and O–H groups in total. The van der Waals surface area contributed by atoms with Crippen LogP contribution in [0.25, 0.3) is 0 Å². The van der Waals surface area contributed by atoms with Crippen molar-refractivity contribution in [1.29, 1.82) is 0 Å². The molecule has 3 heterocycles. The van der Waals surface area contributed by atoms with Gasteiger partial charge < -0.3 is 9.64 Å². The van der Waals surface area contributed by atoms with Crippen LogP contribution in [0.2, 0.25) is 0 Å². The van der Waals surface area contributed by atoms with E-state index in [1.165, 1.54) is 15.6 Å². The Morgan fingerprint density at radius 3 is 2.62 bits per heavy atom. The SMILES string of the molecule is O=C(c1cccs1)N1CCc2ccc(S(=O)(=O)N3CCOCC3)cc2C1. The first-order chi connectivity index (χ1) is 12.6. The van der Waals surface area contributed by atoms with Gasteiger partial charge in [0, 0.05) is 26.2 Å². The Bertz CT molecular complexity index is 903. The second-order valence-electron chi connectivity index (χ2n) is 6.40. The van der Waals surface area contributed by atoms with Crippen molar-refractivity contribution in [2.24, 2.45) is 0 Å². The Labute approximate surface area is 157 Å². The largest absolute Gasteiger partial charge is 0.379 e. The van der Waals surface area contributed by atoms with Gasteiger partial charge in [0.15, 0.2) is 0 Å². The molecule has 8 heteroatoms. The van der Waals surface area contributed by atoms with E-state index in [4.69, 9.17) is 4.74 Å². The number of hydrogen-bond acceptors (Lipinski definition) is 5. The number of benzene rings is 1. The minimum Gasteiger partial charge on any atom is -0.379 e. The number of rotatable bonds is 3. The molecule has 6 nitrogen and oxygen atoms in total. The molecule has 0 unspecified atom stereocenters. The summed E-state index contributed by atoms with van der Waals surface area (Å²) >= 11 is 1.43. The van der Waals surface area contributed by atoms with Gasteiger partial charge in [0.05, 0.1) is 23.0 Å². The van der Waals surface area contributed by atoms with E-state index in [1.807, 2.05) is 23.6 Å². The number of amides is 1. The third-order valence-electron chi connectivity index (χ3n) is 4.82. The van der Waals surface area contributed by atoms with Crippen molar-refractivity contribution in [3.63, 3.8) is 0 Å². The summed E-state index contributed by atoms with van der Waals surface area (Å²) < 4.78 is 32.4. The summed E-state index contributed by atoms with van der Waals surface area (Å²) in [5.74, 6) is 0.00656.